The first kappa shape index (κ1) is 29.9. The van der Waals surface area contributed by atoms with Crippen LogP contribution in [0.5, 0.6) is 11.5 Å². The number of carbonyl (C=O) groups is 2. The number of rotatable bonds is 9. The van der Waals surface area contributed by atoms with Crippen LogP contribution >= 0.6 is 11.6 Å². The second-order valence-electron chi connectivity index (χ2n) is 9.64. The molecule has 0 saturated heterocycles. The Labute approximate surface area is 231 Å². The minimum Gasteiger partial charge on any atom is -0.508 e. The third kappa shape index (κ3) is 7.71. The monoisotopic (exact) mass is 594 g/mol. The van der Waals surface area contributed by atoms with Crippen LogP contribution in [0.4, 0.5) is 11.4 Å². The molecule has 1 amide bonds. The highest BCUT2D eigenvalue weighted by Crippen LogP contribution is 2.29. The van der Waals surface area contributed by atoms with E-state index < -0.39 is 43.1 Å². The summed E-state index contributed by atoms with van der Waals surface area (Å²) < 4.78 is 56.9. The molecule has 0 heterocycles. The molecule has 0 saturated carbocycles. The predicted octanol–water partition coefficient (Wildman–Crippen LogP) is 4.25. The van der Waals surface area contributed by atoms with Crippen LogP contribution in [-0.4, -0.2) is 46.0 Å². The Morgan fingerprint density at radius 2 is 1.44 bits per heavy atom. The quantitative estimate of drug-likeness (QED) is 0.310. The lowest BCUT2D eigenvalue weighted by Crippen LogP contribution is -2.45. The van der Waals surface area contributed by atoms with E-state index in [1.54, 1.807) is 20.8 Å². The van der Waals surface area contributed by atoms with E-state index in [-0.39, 0.29) is 37.7 Å². The number of nitrogens with one attached hydrogen (secondary N) is 2. The predicted molar refractivity (Wildman–Crippen MR) is 147 cm³/mol. The molecule has 0 bridgehead atoms. The third-order valence-electron chi connectivity index (χ3n) is 5.28. The van der Waals surface area contributed by atoms with Crippen LogP contribution in [0.25, 0.3) is 0 Å². The maximum absolute atomic E-state index is 13.2. The molecule has 208 valence electrons. The Morgan fingerprint density at radius 1 is 0.897 bits per heavy atom. The molecule has 3 aromatic rings. The summed E-state index contributed by atoms with van der Waals surface area (Å²) >= 11 is 6.18. The van der Waals surface area contributed by atoms with Crippen LogP contribution in [0.1, 0.15) is 20.8 Å². The van der Waals surface area contributed by atoms with Crippen molar-refractivity contribution in [3.05, 3.63) is 71.8 Å². The van der Waals surface area contributed by atoms with E-state index in [0.29, 0.717) is 0 Å². The second-order valence-corrected chi connectivity index (χ2v) is 13.7. The van der Waals surface area contributed by atoms with Gasteiger partial charge in [-0.05, 0) is 66.7 Å². The van der Waals surface area contributed by atoms with E-state index in [4.69, 9.17) is 16.3 Å². The molecule has 0 aliphatic carbocycles. The van der Waals surface area contributed by atoms with Crippen molar-refractivity contribution in [3.8, 4) is 11.5 Å². The average molecular weight is 595 g/mol. The minimum atomic E-state index is -3.90. The summed E-state index contributed by atoms with van der Waals surface area (Å²) in [7, 11) is -7.49. The Bertz CT molecular complexity index is 1600. The number of ether oxygens (including phenoxy) is 1. The summed E-state index contributed by atoms with van der Waals surface area (Å²) in [5, 5.41) is 12.0. The van der Waals surface area contributed by atoms with Gasteiger partial charge in [-0.25, -0.2) is 16.8 Å². The highest BCUT2D eigenvalue weighted by molar-refractivity contribution is 7.92. The van der Waals surface area contributed by atoms with Gasteiger partial charge in [0.05, 0.1) is 32.4 Å². The Balaban J connectivity index is 1.88. The van der Waals surface area contributed by atoms with Gasteiger partial charge in [-0.15, -0.1) is 0 Å². The van der Waals surface area contributed by atoms with Crippen molar-refractivity contribution in [2.45, 2.75) is 36.7 Å². The number of hydrogen-bond acceptors (Lipinski definition) is 8. The van der Waals surface area contributed by atoms with Crippen molar-refractivity contribution < 1.29 is 36.3 Å². The first-order valence-electron chi connectivity index (χ1n) is 11.4. The van der Waals surface area contributed by atoms with Crippen LogP contribution in [0.15, 0.2) is 76.5 Å². The normalized spacial score (nSPS) is 12.8. The lowest BCUT2D eigenvalue weighted by molar-refractivity contribution is -0.140. The van der Waals surface area contributed by atoms with Gasteiger partial charge in [-0.2, -0.15) is 0 Å². The summed E-state index contributed by atoms with van der Waals surface area (Å²) in [6.07, 6.45) is -0.681. The van der Waals surface area contributed by atoms with Crippen LogP contribution in [-0.2, 0) is 29.4 Å². The number of amides is 1. The fourth-order valence-electron chi connectivity index (χ4n) is 3.31. The molecule has 0 fully saturated rings. The smallest absolute Gasteiger partial charge is 0.273 e. The van der Waals surface area contributed by atoms with E-state index in [2.05, 4.69) is 10.0 Å². The zero-order valence-corrected chi connectivity index (χ0v) is 23.8. The first-order chi connectivity index (χ1) is 18.0. The molecular weight excluding hydrogens is 568 g/mol. The number of benzene rings is 3. The van der Waals surface area contributed by atoms with Gasteiger partial charge in [0.2, 0.25) is 26.0 Å². The van der Waals surface area contributed by atoms with Gasteiger partial charge in [0.15, 0.2) is 5.78 Å². The van der Waals surface area contributed by atoms with Crippen molar-refractivity contribution in [2.24, 2.45) is 5.41 Å². The number of anilines is 2. The standard InChI is InChI=1S/C26H27ClN2O8S2/c1-26(2,3)24(31)23(25(32)28-22-15-16(5-14-21(22)27)29-38(4,33)34)37-18-8-12-20(13-9-18)39(35,36)19-10-6-17(30)7-11-19/h5-15,23,29-30H,1-4H3,(H,28,32). The van der Waals surface area contributed by atoms with Crippen LogP contribution < -0.4 is 14.8 Å². The van der Waals surface area contributed by atoms with Crippen LogP contribution in [0, 0.1) is 5.41 Å². The van der Waals surface area contributed by atoms with Crippen molar-refractivity contribution in [3.63, 3.8) is 0 Å². The van der Waals surface area contributed by atoms with Gasteiger partial charge in [0.25, 0.3) is 5.91 Å². The zero-order valence-electron chi connectivity index (χ0n) is 21.4. The molecule has 0 spiro atoms. The van der Waals surface area contributed by atoms with E-state index in [1.807, 2.05) is 0 Å². The number of sulfonamides is 1. The molecular formula is C26H27ClN2O8S2. The molecule has 3 N–H and O–H groups in total. The van der Waals surface area contributed by atoms with Crippen molar-refractivity contribution in [2.75, 3.05) is 16.3 Å². The number of ketones is 1. The lowest BCUT2D eigenvalue weighted by Gasteiger charge is -2.25. The van der Waals surface area contributed by atoms with E-state index in [1.165, 1.54) is 66.7 Å². The van der Waals surface area contributed by atoms with Crippen molar-refractivity contribution >= 4 is 54.5 Å². The number of halogens is 1. The minimum absolute atomic E-state index is 0.0291. The highest BCUT2D eigenvalue weighted by atomic mass is 35.5. The van der Waals surface area contributed by atoms with Gasteiger partial charge >= 0.3 is 0 Å². The van der Waals surface area contributed by atoms with Crippen LogP contribution in [0.3, 0.4) is 0 Å². The maximum Gasteiger partial charge on any atom is 0.273 e. The topological polar surface area (TPSA) is 156 Å². The number of phenolic OH excluding ortho intramolecular Hbond substituents is 1. The molecule has 0 aliphatic heterocycles. The molecule has 1 atom stereocenters. The molecule has 0 radical (unpaired) electrons. The van der Waals surface area contributed by atoms with E-state index in [0.717, 1.165) is 6.26 Å². The third-order valence-corrected chi connectivity index (χ3v) is 8.00. The Morgan fingerprint density at radius 3 is 1.95 bits per heavy atom. The zero-order chi connectivity index (χ0) is 29.2. The first-order valence-corrected chi connectivity index (χ1v) is 15.2. The molecule has 1 unspecified atom stereocenters. The number of hydrogen-bond donors (Lipinski definition) is 3. The second kappa shape index (κ2) is 11.2. The molecule has 39 heavy (non-hydrogen) atoms. The highest BCUT2D eigenvalue weighted by Gasteiger charge is 2.37. The van der Waals surface area contributed by atoms with Gasteiger partial charge in [0.1, 0.15) is 11.5 Å². The summed E-state index contributed by atoms with van der Waals surface area (Å²) in [4.78, 5) is 26.3. The van der Waals surface area contributed by atoms with Gasteiger partial charge < -0.3 is 15.2 Å². The van der Waals surface area contributed by atoms with Gasteiger partial charge in [-0.1, -0.05) is 32.4 Å². The summed E-state index contributed by atoms with van der Waals surface area (Å²) in [6.45, 7) is 4.82. The number of aromatic hydroxyl groups is 1. The average Bonchev–Trinajstić information content (AvgIpc) is 2.83. The van der Waals surface area contributed by atoms with E-state index >= 15 is 0 Å². The largest absolute Gasteiger partial charge is 0.508 e. The number of phenols is 1. The molecule has 3 rings (SSSR count). The lowest BCUT2D eigenvalue weighted by atomic mass is 9.87. The van der Waals surface area contributed by atoms with E-state index in [9.17, 15) is 31.5 Å². The fourth-order valence-corrected chi connectivity index (χ4v) is 5.29. The Hall–Kier alpha value is -3.61. The van der Waals surface area contributed by atoms with Crippen molar-refractivity contribution in [1.29, 1.82) is 0 Å². The molecule has 3 aromatic carbocycles. The number of carbonyl (C=O) groups excluding carboxylic acids is 2. The Kier molecular flexibility index (Phi) is 8.63. The SMILES string of the molecule is CC(C)(C)C(=O)C(Oc1ccc(S(=O)(=O)c2ccc(O)cc2)cc1)C(=O)Nc1cc(NS(C)(=O)=O)ccc1Cl. The molecule has 10 nitrogen and oxygen atoms in total. The summed E-state index contributed by atoms with van der Waals surface area (Å²) in [6, 6.07) is 14.3. The summed E-state index contributed by atoms with van der Waals surface area (Å²) in [5.74, 6) is -1.46. The number of sulfone groups is 1. The molecule has 13 heteroatoms. The van der Waals surface area contributed by atoms with Crippen molar-refractivity contribution in [1.82, 2.24) is 0 Å². The van der Waals surface area contributed by atoms with Gasteiger partial charge in [-0.3, -0.25) is 14.3 Å². The van der Waals surface area contributed by atoms with Crippen LogP contribution in [0.2, 0.25) is 5.02 Å². The van der Waals surface area contributed by atoms with Gasteiger partial charge in [0, 0.05) is 5.41 Å². The summed E-state index contributed by atoms with van der Waals surface area (Å²) in [5.41, 5.74) is -0.809. The molecule has 0 aromatic heterocycles. The molecule has 0 aliphatic rings. The maximum atomic E-state index is 13.2. The number of Topliss-reactive ketones (excluding diaryl/α,β-unsaturated/α-hetero) is 1. The fraction of sp³-hybridized carbons (Fsp3) is 0.231.